The molecule has 1 heterocycles. The van der Waals surface area contributed by atoms with Crippen molar-refractivity contribution in [2.45, 2.75) is 13.0 Å². The lowest BCUT2D eigenvalue weighted by atomic mass is 10.1. The molecule has 1 N–H and O–H groups in total. The molecular formula is C12H10ClFN2O2. The van der Waals surface area contributed by atoms with E-state index < -0.39 is 23.1 Å². The molecule has 0 saturated heterocycles. The third-order valence-electron chi connectivity index (χ3n) is 2.68. The Morgan fingerprint density at radius 3 is 2.61 bits per heavy atom. The lowest BCUT2D eigenvalue weighted by Crippen LogP contribution is -2.37. The summed E-state index contributed by atoms with van der Waals surface area (Å²) in [6, 6.07) is 6.37. The van der Waals surface area contributed by atoms with Crippen LogP contribution in [0.5, 0.6) is 0 Å². The number of aromatic amines is 1. The first-order valence-electron chi connectivity index (χ1n) is 5.26. The van der Waals surface area contributed by atoms with Gasteiger partial charge in [-0.3, -0.25) is 14.3 Å². The number of hydrogen-bond donors (Lipinski definition) is 1. The number of aromatic nitrogens is 2. The molecule has 0 aliphatic rings. The van der Waals surface area contributed by atoms with Crippen molar-refractivity contribution in [3.05, 3.63) is 67.7 Å². The predicted molar refractivity (Wildman–Crippen MR) is 66.5 cm³/mol. The van der Waals surface area contributed by atoms with E-state index in [1.165, 1.54) is 12.1 Å². The first-order chi connectivity index (χ1) is 8.50. The van der Waals surface area contributed by atoms with E-state index in [0.29, 0.717) is 0 Å². The van der Waals surface area contributed by atoms with E-state index in [0.717, 1.165) is 10.6 Å². The summed E-state index contributed by atoms with van der Waals surface area (Å²) in [5.74, 6) is -0.466. The molecule has 0 saturated carbocycles. The largest absolute Gasteiger partial charge is 0.330 e. The van der Waals surface area contributed by atoms with Crippen LogP contribution in [-0.2, 0) is 0 Å². The van der Waals surface area contributed by atoms with Crippen molar-refractivity contribution in [1.82, 2.24) is 9.55 Å². The fraction of sp³-hybridized carbons (Fsp3) is 0.167. The predicted octanol–water partition coefficient (Wildman–Crippen LogP) is 1.94. The Balaban J connectivity index is 2.61. The lowest BCUT2D eigenvalue weighted by molar-refractivity contribution is 0.530. The van der Waals surface area contributed by atoms with E-state index in [1.54, 1.807) is 19.1 Å². The van der Waals surface area contributed by atoms with Gasteiger partial charge in [-0.05, 0) is 13.0 Å². The van der Waals surface area contributed by atoms with Crippen LogP contribution < -0.4 is 11.2 Å². The van der Waals surface area contributed by atoms with Crippen molar-refractivity contribution in [3.8, 4) is 0 Å². The van der Waals surface area contributed by atoms with Gasteiger partial charge in [-0.2, -0.15) is 0 Å². The molecule has 94 valence electrons. The molecule has 1 aromatic heterocycles. The van der Waals surface area contributed by atoms with Gasteiger partial charge in [0.15, 0.2) is 0 Å². The van der Waals surface area contributed by atoms with Crippen LogP contribution in [0.15, 0.2) is 39.9 Å². The fourth-order valence-electron chi connectivity index (χ4n) is 1.80. The van der Waals surface area contributed by atoms with Crippen molar-refractivity contribution in [1.29, 1.82) is 0 Å². The molecule has 0 bridgehead atoms. The van der Waals surface area contributed by atoms with Gasteiger partial charge in [-0.1, -0.05) is 29.8 Å². The second kappa shape index (κ2) is 4.78. The average molecular weight is 269 g/mol. The van der Waals surface area contributed by atoms with Gasteiger partial charge in [0.1, 0.15) is 11.0 Å². The normalized spacial score (nSPS) is 12.4. The van der Waals surface area contributed by atoms with E-state index in [9.17, 15) is 14.0 Å². The number of nitrogens with one attached hydrogen (secondary N) is 1. The van der Waals surface area contributed by atoms with E-state index in [-0.39, 0.29) is 10.7 Å². The molecule has 0 radical (unpaired) electrons. The number of rotatable bonds is 2. The minimum atomic E-state index is -0.709. The molecule has 0 aliphatic heterocycles. The molecule has 1 unspecified atom stereocenters. The molecule has 0 amide bonds. The van der Waals surface area contributed by atoms with Gasteiger partial charge in [0, 0.05) is 11.6 Å². The molecule has 2 aromatic rings. The van der Waals surface area contributed by atoms with Crippen LogP contribution in [0.4, 0.5) is 4.39 Å². The maximum absolute atomic E-state index is 13.6. The zero-order valence-electron chi connectivity index (χ0n) is 9.48. The smallest absolute Gasteiger partial charge is 0.298 e. The summed E-state index contributed by atoms with van der Waals surface area (Å²) >= 11 is 5.56. The second-order valence-electron chi connectivity index (χ2n) is 3.83. The van der Waals surface area contributed by atoms with E-state index >= 15 is 0 Å². The fourth-order valence-corrected chi connectivity index (χ4v) is 1.97. The van der Waals surface area contributed by atoms with Gasteiger partial charge in [-0.25, -0.2) is 9.18 Å². The third kappa shape index (κ3) is 2.22. The second-order valence-corrected chi connectivity index (χ2v) is 4.24. The van der Waals surface area contributed by atoms with Crippen molar-refractivity contribution in [2.24, 2.45) is 0 Å². The molecule has 0 spiro atoms. The van der Waals surface area contributed by atoms with Gasteiger partial charge >= 0.3 is 5.69 Å². The Morgan fingerprint density at radius 2 is 2.00 bits per heavy atom. The molecule has 6 heteroatoms. The van der Waals surface area contributed by atoms with E-state index in [2.05, 4.69) is 4.98 Å². The van der Waals surface area contributed by atoms with Crippen LogP contribution in [0.25, 0.3) is 0 Å². The Kier molecular flexibility index (Phi) is 3.34. The number of nitrogens with zero attached hydrogens (tertiary/aromatic N) is 1. The first-order valence-corrected chi connectivity index (χ1v) is 5.64. The summed E-state index contributed by atoms with van der Waals surface area (Å²) < 4.78 is 14.5. The Labute approximate surface area is 107 Å². The SMILES string of the molecule is CC(c1ccccc1F)n1c(=O)cc(Cl)[nH]c1=O. The van der Waals surface area contributed by atoms with Crippen LogP contribution in [-0.4, -0.2) is 9.55 Å². The number of H-pyrrole nitrogens is 1. The summed E-state index contributed by atoms with van der Waals surface area (Å²) in [6.45, 7) is 1.57. The monoisotopic (exact) mass is 268 g/mol. The molecular weight excluding hydrogens is 259 g/mol. The van der Waals surface area contributed by atoms with Crippen molar-refractivity contribution >= 4 is 11.6 Å². The minimum absolute atomic E-state index is 0.0398. The molecule has 2 rings (SSSR count). The van der Waals surface area contributed by atoms with Crippen molar-refractivity contribution < 1.29 is 4.39 Å². The van der Waals surface area contributed by atoms with Crippen molar-refractivity contribution in [2.75, 3.05) is 0 Å². The van der Waals surface area contributed by atoms with Crippen LogP contribution in [0, 0.1) is 5.82 Å². The highest BCUT2D eigenvalue weighted by Gasteiger charge is 2.16. The van der Waals surface area contributed by atoms with Gasteiger partial charge in [-0.15, -0.1) is 0 Å². The molecule has 0 fully saturated rings. The highest BCUT2D eigenvalue weighted by Crippen LogP contribution is 2.17. The molecule has 0 aliphatic carbocycles. The summed E-state index contributed by atoms with van der Waals surface area (Å²) in [5.41, 5.74) is -0.963. The number of benzene rings is 1. The Bertz CT molecular complexity index is 662. The number of hydrogen-bond acceptors (Lipinski definition) is 2. The number of halogens is 2. The van der Waals surface area contributed by atoms with Gasteiger partial charge in [0.05, 0.1) is 6.04 Å². The average Bonchev–Trinajstić information content (AvgIpc) is 2.27. The summed E-state index contributed by atoms with van der Waals surface area (Å²) in [5, 5.41) is -0.0398. The summed E-state index contributed by atoms with van der Waals surface area (Å²) in [7, 11) is 0. The molecule has 1 atom stereocenters. The van der Waals surface area contributed by atoms with Crippen LogP contribution in [0.2, 0.25) is 5.15 Å². The zero-order valence-corrected chi connectivity index (χ0v) is 10.2. The van der Waals surface area contributed by atoms with Gasteiger partial charge < -0.3 is 0 Å². The van der Waals surface area contributed by atoms with E-state index in [1.807, 2.05) is 0 Å². The maximum atomic E-state index is 13.6. The minimum Gasteiger partial charge on any atom is -0.298 e. The van der Waals surface area contributed by atoms with Crippen LogP contribution in [0.3, 0.4) is 0 Å². The standard InChI is InChI=1S/C12H10ClFN2O2/c1-7(8-4-2-3-5-9(8)14)16-11(17)6-10(13)15-12(16)18/h2-7H,1H3,(H,15,18). The molecule has 4 nitrogen and oxygen atoms in total. The maximum Gasteiger partial charge on any atom is 0.330 e. The van der Waals surface area contributed by atoms with Gasteiger partial charge in [0.25, 0.3) is 5.56 Å². The Hall–Kier alpha value is -1.88. The van der Waals surface area contributed by atoms with E-state index in [4.69, 9.17) is 11.6 Å². The Morgan fingerprint density at radius 1 is 1.33 bits per heavy atom. The highest BCUT2D eigenvalue weighted by atomic mass is 35.5. The highest BCUT2D eigenvalue weighted by molar-refractivity contribution is 6.29. The summed E-state index contributed by atoms with van der Waals surface area (Å²) in [6.07, 6.45) is 0. The van der Waals surface area contributed by atoms with Crippen LogP contribution in [0.1, 0.15) is 18.5 Å². The van der Waals surface area contributed by atoms with Gasteiger partial charge in [0.2, 0.25) is 0 Å². The van der Waals surface area contributed by atoms with Crippen LogP contribution >= 0.6 is 11.6 Å². The quantitative estimate of drug-likeness (QED) is 0.846. The summed E-state index contributed by atoms with van der Waals surface area (Å²) in [4.78, 5) is 25.7. The third-order valence-corrected chi connectivity index (χ3v) is 2.88. The first kappa shape index (κ1) is 12.6. The molecule has 18 heavy (non-hydrogen) atoms. The van der Waals surface area contributed by atoms with Crippen molar-refractivity contribution in [3.63, 3.8) is 0 Å². The lowest BCUT2D eigenvalue weighted by Gasteiger charge is -2.14. The topological polar surface area (TPSA) is 54.9 Å². The zero-order chi connectivity index (χ0) is 13.3. The molecule has 1 aromatic carbocycles.